The second-order valence-electron chi connectivity index (χ2n) is 3.33. The third kappa shape index (κ3) is 2.83. The molecule has 0 unspecified atom stereocenters. The molecule has 0 fully saturated rings. The molecule has 1 rings (SSSR count). The van der Waals surface area contributed by atoms with Crippen LogP contribution in [0.1, 0.15) is 10.4 Å². The van der Waals surface area contributed by atoms with Crippen LogP contribution in [0.2, 0.25) is 13.6 Å². The van der Waals surface area contributed by atoms with E-state index in [4.69, 9.17) is 0 Å². The van der Waals surface area contributed by atoms with Crippen molar-refractivity contribution in [2.24, 2.45) is 0 Å². The smallest absolute Gasteiger partial charge is 0.172 e. The Morgan fingerprint density at radius 3 is 2.23 bits per heavy atom. The van der Waals surface area contributed by atoms with E-state index in [0.717, 1.165) is 5.56 Å². The number of ketones is 1. The minimum absolute atomic E-state index is 0.205. The fraction of sp³-hybridized carbons (Fsp3) is 0.300. The number of halogens is 1. The summed E-state index contributed by atoms with van der Waals surface area (Å²) >= 11 is 2.09. The van der Waals surface area contributed by atoms with Gasteiger partial charge in [-0.15, -0.1) is 0 Å². The Morgan fingerprint density at radius 1 is 1.31 bits per heavy atom. The van der Waals surface area contributed by atoms with Crippen LogP contribution in [0.5, 0.6) is 0 Å². The number of hydrogen-bond acceptors (Lipinski definition) is 1. The number of carbonyl (C=O) groups excluding carboxylic acids is 1. The van der Waals surface area contributed by atoms with E-state index in [1.54, 1.807) is 0 Å². The maximum absolute atomic E-state index is 11.3. The number of carbonyl (C=O) groups is 1. The fourth-order valence-electron chi connectivity index (χ4n) is 1.13. The molecule has 0 atom stereocenters. The molecule has 0 heterocycles. The van der Waals surface area contributed by atoms with E-state index in [9.17, 15) is 4.79 Å². The quantitative estimate of drug-likeness (QED) is 0.360. The highest BCUT2D eigenvalue weighted by molar-refractivity contribution is 14.1. The molecular weight excluding hydrogens is 274 g/mol. The van der Waals surface area contributed by atoms with Crippen LogP contribution >= 0.6 is 22.6 Å². The van der Waals surface area contributed by atoms with Crippen LogP contribution in [0.4, 0.5) is 0 Å². The first-order chi connectivity index (χ1) is 6.15. The van der Waals surface area contributed by atoms with E-state index in [0.29, 0.717) is 11.1 Å². The molecule has 0 aliphatic rings. The molecule has 1 nitrogen and oxygen atoms in total. The van der Waals surface area contributed by atoms with E-state index >= 15 is 0 Å². The molecule has 1 aromatic rings. The van der Waals surface area contributed by atoms with Crippen LogP contribution in [0.15, 0.2) is 24.3 Å². The predicted molar refractivity (Wildman–Crippen MR) is 66.8 cm³/mol. The normalized spacial score (nSPS) is 9.77. The molecular formula is C10H12BIO. The van der Waals surface area contributed by atoms with Gasteiger partial charge in [-0.05, 0) is 0 Å². The molecule has 0 N–H and O–H groups in total. The summed E-state index contributed by atoms with van der Waals surface area (Å²) < 4.78 is 0.554. The molecule has 13 heavy (non-hydrogen) atoms. The van der Waals surface area contributed by atoms with Crippen LogP contribution < -0.4 is 5.46 Å². The van der Waals surface area contributed by atoms with Crippen molar-refractivity contribution in [3.8, 4) is 0 Å². The molecule has 0 aromatic heterocycles. The molecule has 0 saturated heterocycles. The third-order valence-electron chi connectivity index (χ3n) is 2.02. The summed E-state index contributed by atoms with van der Waals surface area (Å²) in [6.07, 6.45) is 0. The first kappa shape index (κ1) is 10.8. The van der Waals surface area contributed by atoms with Crippen molar-refractivity contribution < 1.29 is 4.79 Å². The topological polar surface area (TPSA) is 17.1 Å². The first-order valence-electron chi connectivity index (χ1n) is 4.34. The van der Waals surface area contributed by atoms with E-state index < -0.39 is 0 Å². The highest BCUT2D eigenvalue weighted by Crippen LogP contribution is 2.01. The Bertz CT molecular complexity index is 292. The summed E-state index contributed by atoms with van der Waals surface area (Å²) in [5.41, 5.74) is 2.10. The number of Topliss-reactive ketones (excluding diaryl/α,β-unsaturated/α-hetero) is 1. The second kappa shape index (κ2) is 4.79. The van der Waals surface area contributed by atoms with Gasteiger partial charge in [-0.3, -0.25) is 4.79 Å². The van der Waals surface area contributed by atoms with Gasteiger partial charge in [-0.1, -0.05) is 66.0 Å². The lowest BCUT2D eigenvalue weighted by molar-refractivity contribution is 0.102. The third-order valence-corrected chi connectivity index (χ3v) is 2.71. The Labute approximate surface area is 93.1 Å². The molecule has 0 radical (unpaired) electrons. The lowest BCUT2D eigenvalue weighted by Gasteiger charge is -2.02. The van der Waals surface area contributed by atoms with Crippen molar-refractivity contribution in [1.82, 2.24) is 0 Å². The molecule has 0 saturated carbocycles. The molecule has 0 amide bonds. The number of alkyl halides is 1. The zero-order chi connectivity index (χ0) is 9.84. The van der Waals surface area contributed by atoms with Gasteiger partial charge in [0.1, 0.15) is 0 Å². The Kier molecular flexibility index (Phi) is 3.97. The molecule has 3 heteroatoms. The van der Waals surface area contributed by atoms with Gasteiger partial charge in [0.2, 0.25) is 0 Å². The summed E-state index contributed by atoms with van der Waals surface area (Å²) in [5, 5.41) is 0. The lowest BCUT2D eigenvalue weighted by Crippen LogP contribution is -2.22. The first-order valence-corrected chi connectivity index (χ1v) is 5.87. The van der Waals surface area contributed by atoms with Crippen LogP contribution in [0.3, 0.4) is 0 Å². The van der Waals surface area contributed by atoms with Gasteiger partial charge in [0, 0.05) is 5.56 Å². The highest BCUT2D eigenvalue weighted by atomic mass is 127. The largest absolute Gasteiger partial charge is 0.293 e. The molecule has 0 aliphatic heterocycles. The lowest BCUT2D eigenvalue weighted by atomic mass is 9.49. The zero-order valence-electron chi connectivity index (χ0n) is 7.88. The van der Waals surface area contributed by atoms with Gasteiger partial charge in [-0.25, -0.2) is 0 Å². The van der Waals surface area contributed by atoms with Gasteiger partial charge < -0.3 is 0 Å². The summed E-state index contributed by atoms with van der Waals surface area (Å²) in [6, 6.07) is 7.89. The van der Waals surface area contributed by atoms with Crippen molar-refractivity contribution in [3.63, 3.8) is 0 Å². The summed E-state index contributed by atoms with van der Waals surface area (Å²) in [5.74, 6) is 0.205. The maximum atomic E-state index is 11.3. The minimum Gasteiger partial charge on any atom is -0.293 e. The van der Waals surface area contributed by atoms with E-state index in [1.165, 1.54) is 5.46 Å². The van der Waals surface area contributed by atoms with Crippen molar-refractivity contribution in [3.05, 3.63) is 29.8 Å². The van der Waals surface area contributed by atoms with Gasteiger partial charge in [-0.2, -0.15) is 0 Å². The van der Waals surface area contributed by atoms with Crippen molar-refractivity contribution >= 4 is 40.5 Å². The van der Waals surface area contributed by atoms with Crippen LogP contribution in [0, 0.1) is 0 Å². The zero-order valence-corrected chi connectivity index (χ0v) is 10.0. The van der Waals surface area contributed by atoms with Gasteiger partial charge in [0.25, 0.3) is 0 Å². The average Bonchev–Trinajstić information content (AvgIpc) is 2.17. The number of hydrogen-bond donors (Lipinski definition) is 0. The fourth-order valence-corrected chi connectivity index (χ4v) is 1.57. The van der Waals surface area contributed by atoms with Crippen molar-refractivity contribution in [1.29, 1.82) is 0 Å². The molecule has 68 valence electrons. The molecule has 0 bridgehead atoms. The van der Waals surface area contributed by atoms with Crippen LogP contribution in [-0.2, 0) is 0 Å². The van der Waals surface area contributed by atoms with Crippen LogP contribution in [0.25, 0.3) is 0 Å². The predicted octanol–water partition coefficient (Wildman–Crippen LogP) is 2.27. The molecule has 0 spiro atoms. The summed E-state index contributed by atoms with van der Waals surface area (Å²) in [4.78, 5) is 11.3. The average molecular weight is 286 g/mol. The Balaban J connectivity index is 2.87. The SMILES string of the molecule is CB(C)c1ccc(C(=O)CI)cc1. The van der Waals surface area contributed by atoms with Gasteiger partial charge in [0.15, 0.2) is 12.5 Å². The number of rotatable bonds is 3. The highest BCUT2D eigenvalue weighted by Gasteiger charge is 2.05. The Morgan fingerprint density at radius 2 is 1.85 bits per heavy atom. The van der Waals surface area contributed by atoms with Gasteiger partial charge in [0.05, 0.1) is 4.43 Å². The summed E-state index contributed by atoms with van der Waals surface area (Å²) in [6.45, 7) is 4.83. The minimum atomic E-state index is 0.205. The summed E-state index contributed by atoms with van der Waals surface area (Å²) in [7, 11) is 0. The maximum Gasteiger partial charge on any atom is 0.172 e. The standard InChI is InChI=1S/C10H12BIO/c1-11(2)9-5-3-8(4-6-9)10(13)7-12/h3-6H,7H2,1-2H3. The second-order valence-corrected chi connectivity index (χ2v) is 4.10. The van der Waals surface area contributed by atoms with Crippen LogP contribution in [-0.4, -0.2) is 16.9 Å². The monoisotopic (exact) mass is 286 g/mol. The van der Waals surface area contributed by atoms with E-state index in [2.05, 4.69) is 36.2 Å². The van der Waals surface area contributed by atoms with Crippen molar-refractivity contribution in [2.45, 2.75) is 13.6 Å². The van der Waals surface area contributed by atoms with E-state index in [-0.39, 0.29) is 5.78 Å². The Hall–Kier alpha value is -0.315. The van der Waals surface area contributed by atoms with Crippen molar-refractivity contribution in [2.75, 3.05) is 4.43 Å². The number of benzene rings is 1. The molecule has 1 aromatic carbocycles. The molecule has 0 aliphatic carbocycles. The van der Waals surface area contributed by atoms with Gasteiger partial charge >= 0.3 is 0 Å². The van der Waals surface area contributed by atoms with E-state index in [1.807, 2.05) is 24.3 Å².